The van der Waals surface area contributed by atoms with Gasteiger partial charge in [0.15, 0.2) is 0 Å². The van der Waals surface area contributed by atoms with Gasteiger partial charge in [-0.15, -0.1) is 0 Å². The number of halogens is 1. The van der Waals surface area contributed by atoms with Crippen molar-refractivity contribution in [3.8, 4) is 5.75 Å². The SMILES string of the molecule is [2H]C([2H])(Oc1cccc2c1C([2H])([2H])N(C1([2H])C(=O)NC(=O)C([2H])([2H])C1([2H])[2H])C2=O)c1ccc(CN2C([2H])([2H])C([2H])([2H])OC([2H])([2H])C2([2H])[2H])cc1F. The van der Waals surface area contributed by atoms with Crippen LogP contribution in [0.4, 0.5) is 4.39 Å². The molecule has 3 aliphatic heterocycles. The van der Waals surface area contributed by atoms with Crippen molar-refractivity contribution < 1.29 is 51.6 Å². The van der Waals surface area contributed by atoms with Gasteiger partial charge >= 0.3 is 0 Å². The smallest absolute Gasteiger partial charge is 0.255 e. The first-order valence-corrected chi connectivity index (χ1v) is 9.64. The molecule has 0 spiro atoms. The highest BCUT2D eigenvalue weighted by molar-refractivity contribution is 6.05. The van der Waals surface area contributed by atoms with E-state index in [9.17, 15) is 14.4 Å². The van der Waals surface area contributed by atoms with Crippen molar-refractivity contribution in [3.63, 3.8) is 0 Å². The van der Waals surface area contributed by atoms with E-state index in [1.807, 2.05) is 0 Å². The van der Waals surface area contributed by atoms with E-state index in [-0.39, 0.29) is 15.4 Å². The number of carbonyl (C=O) groups excluding carboxylic acids is 3. The number of morpholine rings is 1. The van der Waals surface area contributed by atoms with Crippen LogP contribution >= 0.6 is 0 Å². The zero-order valence-corrected chi connectivity index (χ0v) is 17.0. The molecule has 1 unspecified atom stereocenters. The summed E-state index contributed by atoms with van der Waals surface area (Å²) in [6, 6.07) is 1.53. The van der Waals surface area contributed by atoms with Gasteiger partial charge in [0.25, 0.3) is 5.91 Å². The quantitative estimate of drug-likeness (QED) is 0.631. The summed E-state index contributed by atoms with van der Waals surface area (Å²) < 4.78 is 164. The molecule has 2 saturated heterocycles. The molecule has 8 nitrogen and oxygen atoms in total. The fourth-order valence-electron chi connectivity index (χ4n) is 3.19. The molecule has 0 saturated carbocycles. The highest BCUT2D eigenvalue weighted by Crippen LogP contribution is 2.34. The molecule has 3 amide bonds. The van der Waals surface area contributed by atoms with Crippen molar-refractivity contribution in [2.75, 3.05) is 26.1 Å². The number of amides is 3. The number of carbonyl (C=O) groups is 3. The maximum Gasteiger partial charge on any atom is 0.255 e. The van der Waals surface area contributed by atoms with E-state index in [1.54, 1.807) is 0 Å². The average molecular weight is 485 g/mol. The number of ether oxygens (including phenoxy) is 2. The number of rotatable bonds is 6. The van der Waals surface area contributed by atoms with Crippen LogP contribution in [0.5, 0.6) is 5.75 Å². The number of imide groups is 1. The minimum atomic E-state index is -3.85. The van der Waals surface area contributed by atoms with Crippen molar-refractivity contribution in [2.45, 2.75) is 38.4 Å². The molecule has 1 N–H and O–H groups in total. The van der Waals surface area contributed by atoms with Gasteiger partial charge in [-0.1, -0.05) is 18.2 Å². The Balaban J connectivity index is 1.50. The summed E-state index contributed by atoms with van der Waals surface area (Å²) in [6.45, 7) is -21.0. The van der Waals surface area contributed by atoms with E-state index in [1.165, 1.54) is 5.32 Å². The molecule has 2 aromatic carbocycles. The largest absolute Gasteiger partial charge is 0.488 e. The Bertz CT molecular complexity index is 1830. The van der Waals surface area contributed by atoms with Crippen LogP contribution in [0.25, 0.3) is 0 Å². The zero-order valence-electron chi connectivity index (χ0n) is 34.0. The van der Waals surface area contributed by atoms with Crippen LogP contribution in [0.15, 0.2) is 36.4 Å². The van der Waals surface area contributed by atoms with E-state index in [0.717, 1.165) is 30.3 Å². The molecule has 34 heavy (non-hydrogen) atoms. The Morgan fingerprint density at radius 1 is 1.24 bits per heavy atom. The Kier molecular flexibility index (Phi) is 2.84. The minimum absolute atomic E-state index is 0.136. The molecule has 3 aliphatic rings. The summed E-state index contributed by atoms with van der Waals surface area (Å²) >= 11 is 0. The first-order valence-electron chi connectivity index (χ1n) is 18.1. The van der Waals surface area contributed by atoms with Gasteiger partial charge in [0.2, 0.25) is 11.8 Å². The summed E-state index contributed by atoms with van der Waals surface area (Å²) in [7, 11) is 0. The fourth-order valence-corrected chi connectivity index (χ4v) is 3.19. The third-order valence-corrected chi connectivity index (χ3v) is 4.75. The van der Waals surface area contributed by atoms with Gasteiger partial charge in [0.05, 0.1) is 32.0 Å². The Hall–Kier alpha value is -3.30. The maximum absolute atomic E-state index is 15.6. The second-order valence-electron chi connectivity index (χ2n) is 6.95. The van der Waals surface area contributed by atoms with Gasteiger partial charge in [-0.25, -0.2) is 4.39 Å². The summed E-state index contributed by atoms with van der Waals surface area (Å²) in [5.74, 6) is -7.40. The second-order valence-corrected chi connectivity index (χ2v) is 6.95. The highest BCUT2D eigenvalue weighted by atomic mass is 19.1. The topological polar surface area (TPSA) is 88.2 Å². The number of nitrogens with zero attached hydrogens (tertiary/aromatic N) is 2. The first kappa shape index (κ1) is 10.1. The van der Waals surface area contributed by atoms with Crippen LogP contribution in [0, 0.1) is 5.82 Å². The van der Waals surface area contributed by atoms with E-state index in [0.29, 0.717) is 6.07 Å². The average Bonchev–Trinajstić information content (AvgIpc) is 3.18. The number of benzene rings is 2. The van der Waals surface area contributed by atoms with Crippen molar-refractivity contribution in [2.24, 2.45) is 0 Å². The van der Waals surface area contributed by atoms with Crippen LogP contribution in [0.1, 0.15) is 63.1 Å². The molecule has 178 valence electrons. The third kappa shape index (κ3) is 4.53. The molecular formula is C25H26FN3O5. The lowest BCUT2D eigenvalue weighted by atomic mass is 10.0. The first-order chi connectivity index (χ1) is 22.8. The highest BCUT2D eigenvalue weighted by Gasteiger charge is 2.40. The van der Waals surface area contributed by atoms with Crippen molar-refractivity contribution in [3.05, 3.63) is 64.5 Å². The van der Waals surface area contributed by atoms with Crippen LogP contribution in [0.3, 0.4) is 0 Å². The monoisotopic (exact) mass is 484 g/mol. The molecule has 2 aromatic rings. The molecule has 1 atom stereocenters. The number of hydrogen-bond donors (Lipinski definition) is 1. The van der Waals surface area contributed by atoms with Gasteiger partial charge < -0.3 is 14.4 Å². The number of hydrogen-bond acceptors (Lipinski definition) is 6. The molecular weight excluding hydrogens is 441 g/mol. The van der Waals surface area contributed by atoms with Crippen molar-refractivity contribution in [1.29, 1.82) is 0 Å². The van der Waals surface area contributed by atoms with Crippen molar-refractivity contribution in [1.82, 2.24) is 15.1 Å². The normalized spacial score (nSPS) is 41.3. The number of nitrogens with one attached hydrogen (secondary N) is 1. The third-order valence-electron chi connectivity index (χ3n) is 4.75. The molecule has 0 radical (unpaired) electrons. The van der Waals surface area contributed by atoms with Crippen LogP contribution in [-0.2, 0) is 33.9 Å². The number of fused-ring (bicyclic) bond motifs is 1. The van der Waals surface area contributed by atoms with Gasteiger partial charge in [0, 0.05) is 53.6 Å². The van der Waals surface area contributed by atoms with E-state index < -0.39 is 110 Å². The summed E-state index contributed by atoms with van der Waals surface area (Å²) in [6.07, 6.45) is -7.48. The standard InChI is InChI=1S/C25H26FN3O5/c26-20-12-16(13-28-8-10-33-11-9-28)4-5-17(20)15-34-22-3-1-2-18-19(22)14-29(25(18)32)21-6-7-23(30)27-24(21)31/h1-5,12,21H,6-11,13-15H2,(H,27,30,31)/i6D2,7D2,8D2,9D2,10D2,11D2,14D2,15D2,21D. The number of piperidine rings is 1. The van der Waals surface area contributed by atoms with Crippen molar-refractivity contribution >= 4 is 17.7 Å². The molecule has 0 aromatic heterocycles. The van der Waals surface area contributed by atoms with E-state index in [4.69, 9.17) is 28.0 Å². The Labute approximate surface area is 220 Å². The molecule has 2 fully saturated rings. The Morgan fingerprint density at radius 3 is 2.85 bits per heavy atom. The van der Waals surface area contributed by atoms with Crippen LogP contribution in [0.2, 0.25) is 0 Å². The van der Waals surface area contributed by atoms with Gasteiger partial charge in [-0.3, -0.25) is 24.6 Å². The lowest BCUT2D eigenvalue weighted by Crippen LogP contribution is -2.52. The van der Waals surface area contributed by atoms with E-state index >= 15 is 4.39 Å². The second kappa shape index (κ2) is 9.52. The molecule has 0 aliphatic carbocycles. The summed E-state index contributed by atoms with van der Waals surface area (Å²) in [5, 5.41) is 1.44. The molecule has 3 heterocycles. The predicted octanol–water partition coefficient (Wildman–Crippen LogP) is 2.00. The lowest BCUT2D eigenvalue weighted by molar-refractivity contribution is -0.136. The lowest BCUT2D eigenvalue weighted by Gasteiger charge is -2.29. The maximum atomic E-state index is 15.6. The molecule has 5 rings (SSSR count). The fraction of sp³-hybridized carbons (Fsp3) is 0.400. The molecule has 9 heteroatoms. The predicted molar refractivity (Wildman–Crippen MR) is 119 cm³/mol. The van der Waals surface area contributed by atoms with Gasteiger partial charge in [0.1, 0.15) is 24.1 Å². The molecule has 0 bridgehead atoms. The van der Waals surface area contributed by atoms with Gasteiger partial charge in [-0.05, 0) is 30.1 Å². The van der Waals surface area contributed by atoms with Gasteiger partial charge in [-0.2, -0.15) is 0 Å². The Morgan fingerprint density at radius 2 is 2.06 bits per heavy atom. The van der Waals surface area contributed by atoms with Crippen LogP contribution < -0.4 is 10.1 Å². The summed E-state index contributed by atoms with van der Waals surface area (Å²) in [4.78, 5) is 38.5. The minimum Gasteiger partial charge on any atom is -0.488 e. The van der Waals surface area contributed by atoms with Crippen LogP contribution in [-0.4, -0.2) is 59.7 Å². The van der Waals surface area contributed by atoms with E-state index in [2.05, 4.69) is 4.74 Å². The summed E-state index contributed by atoms with van der Waals surface area (Å²) in [5.41, 5.74) is -2.71. The zero-order chi connectivity index (χ0) is 38.9.